The second-order valence-electron chi connectivity index (χ2n) is 6.67. The van der Waals surface area contributed by atoms with Crippen LogP contribution in [0.25, 0.3) is 0 Å². The number of imidazole rings is 1. The highest BCUT2D eigenvalue weighted by Crippen LogP contribution is 2.31. The van der Waals surface area contributed by atoms with Crippen molar-refractivity contribution in [3.8, 4) is 0 Å². The lowest BCUT2D eigenvalue weighted by molar-refractivity contribution is -0.743. The molecule has 8 heteroatoms. The number of hydrogen-bond acceptors (Lipinski definition) is 4. The normalized spacial score (nSPS) is 18.8. The molecule has 0 aromatic carbocycles. The lowest BCUT2D eigenvalue weighted by atomic mass is 9.80. The maximum absolute atomic E-state index is 12.4. The minimum atomic E-state index is -0.182. The van der Waals surface area contributed by atoms with Gasteiger partial charge in [0.1, 0.15) is 11.2 Å². The molecule has 0 radical (unpaired) electrons. The number of nitrogens with two attached hydrogens (primary N) is 1. The van der Waals surface area contributed by atoms with Crippen molar-refractivity contribution in [2.75, 3.05) is 26.2 Å². The summed E-state index contributed by atoms with van der Waals surface area (Å²) in [5, 5.41) is 6.96. The number of nitrogens with one attached hydrogen (secondary N) is 2. The smallest absolute Gasteiger partial charge is 0.261 e. The van der Waals surface area contributed by atoms with Crippen LogP contribution in [-0.4, -0.2) is 52.9 Å². The molecule has 2 aromatic heterocycles. The number of amides is 2. The molecule has 132 valence electrons. The van der Waals surface area contributed by atoms with Gasteiger partial charge in [0.2, 0.25) is 5.91 Å². The number of aromatic amines is 1. The number of hydrogen-bond donors (Lipinski definition) is 3. The zero-order valence-corrected chi connectivity index (χ0v) is 14.8. The van der Waals surface area contributed by atoms with Crippen molar-refractivity contribution in [3.63, 3.8) is 0 Å². The molecule has 0 bridgehead atoms. The summed E-state index contributed by atoms with van der Waals surface area (Å²) in [5.74, 6) is -0.198. The van der Waals surface area contributed by atoms with Crippen LogP contribution in [0, 0.1) is 0 Å². The average Bonchev–Trinajstić information content (AvgIpc) is 3.32. The second kappa shape index (κ2) is 6.61. The summed E-state index contributed by atoms with van der Waals surface area (Å²) in [6, 6.07) is 3.59. The van der Waals surface area contributed by atoms with Crippen molar-refractivity contribution >= 4 is 23.2 Å². The van der Waals surface area contributed by atoms with E-state index in [2.05, 4.69) is 20.6 Å². The lowest BCUT2D eigenvalue weighted by Crippen LogP contribution is -2.97. The fourth-order valence-electron chi connectivity index (χ4n) is 3.89. The standard InChI is InChI=1S/C17H21N5O2S/c23-14(10-18-16(24)13-2-1-9-25-13)22-7-4-17(5-8-22)15-12(3-6-21-17)19-11-20-15/h1-2,9,11,21H,3-8,10H2,(H,18,24)(H,19,20)/p+1. The van der Waals surface area contributed by atoms with Gasteiger partial charge >= 0.3 is 0 Å². The van der Waals surface area contributed by atoms with Crippen LogP contribution < -0.4 is 10.6 Å². The van der Waals surface area contributed by atoms with Gasteiger partial charge in [0.15, 0.2) is 0 Å². The van der Waals surface area contributed by atoms with E-state index in [4.69, 9.17) is 0 Å². The highest BCUT2D eigenvalue weighted by Gasteiger charge is 2.45. The molecule has 1 fully saturated rings. The van der Waals surface area contributed by atoms with Crippen molar-refractivity contribution in [3.05, 3.63) is 40.1 Å². The van der Waals surface area contributed by atoms with E-state index in [9.17, 15) is 9.59 Å². The van der Waals surface area contributed by atoms with Crippen molar-refractivity contribution < 1.29 is 14.9 Å². The quantitative estimate of drug-likeness (QED) is 0.710. The maximum Gasteiger partial charge on any atom is 0.261 e. The first-order valence-corrected chi connectivity index (χ1v) is 9.52. The summed E-state index contributed by atoms with van der Waals surface area (Å²) in [6.45, 7) is 2.52. The first-order chi connectivity index (χ1) is 12.2. The molecular formula is C17H22N5O2S+. The number of carbonyl (C=O) groups is 2. The zero-order valence-electron chi connectivity index (χ0n) is 14.0. The number of nitrogens with zero attached hydrogens (tertiary/aromatic N) is 2. The first-order valence-electron chi connectivity index (χ1n) is 8.64. The number of carbonyl (C=O) groups excluding carboxylic acids is 2. The second-order valence-corrected chi connectivity index (χ2v) is 7.62. The molecule has 0 atom stereocenters. The highest BCUT2D eigenvalue weighted by atomic mass is 32.1. The summed E-state index contributed by atoms with van der Waals surface area (Å²) in [5.41, 5.74) is 2.41. The highest BCUT2D eigenvalue weighted by molar-refractivity contribution is 7.12. The van der Waals surface area contributed by atoms with Gasteiger partial charge in [-0.05, 0) is 11.4 Å². The summed E-state index contributed by atoms with van der Waals surface area (Å²) in [4.78, 5) is 34.7. The van der Waals surface area contributed by atoms with Crippen LogP contribution in [0.2, 0.25) is 0 Å². The predicted molar refractivity (Wildman–Crippen MR) is 93.2 cm³/mol. The SMILES string of the molecule is O=C(NCC(=O)N1CCC2(CC1)[NH2+]CCc1[nH]cnc12)c1cccs1. The van der Waals surface area contributed by atoms with Gasteiger partial charge in [0, 0.05) is 38.0 Å². The first kappa shape index (κ1) is 16.3. The molecule has 7 nitrogen and oxygen atoms in total. The third-order valence-corrected chi connectivity index (χ3v) is 6.14. The van der Waals surface area contributed by atoms with E-state index in [0.29, 0.717) is 18.0 Å². The molecular weight excluding hydrogens is 338 g/mol. The van der Waals surface area contributed by atoms with Crippen molar-refractivity contribution in [1.82, 2.24) is 20.2 Å². The van der Waals surface area contributed by atoms with Crippen LogP contribution in [0.15, 0.2) is 23.8 Å². The molecule has 2 aromatic rings. The molecule has 0 unspecified atom stereocenters. The number of likely N-dealkylation sites (tertiary alicyclic amines) is 1. The molecule has 25 heavy (non-hydrogen) atoms. The number of piperidine rings is 1. The van der Waals surface area contributed by atoms with Crippen molar-refractivity contribution in [2.24, 2.45) is 0 Å². The van der Waals surface area contributed by atoms with Gasteiger partial charge in [0.25, 0.3) is 5.91 Å². The van der Waals surface area contributed by atoms with Crippen LogP contribution in [-0.2, 0) is 16.8 Å². The summed E-state index contributed by atoms with van der Waals surface area (Å²) in [7, 11) is 0. The van der Waals surface area contributed by atoms with Gasteiger partial charge in [-0.25, -0.2) is 4.98 Å². The van der Waals surface area contributed by atoms with Crippen LogP contribution >= 0.6 is 11.3 Å². The molecule has 0 saturated carbocycles. The van der Waals surface area contributed by atoms with Gasteiger partial charge in [-0.1, -0.05) is 6.07 Å². The van der Waals surface area contributed by atoms with Gasteiger partial charge in [-0.2, -0.15) is 0 Å². The fourth-order valence-corrected chi connectivity index (χ4v) is 4.53. The Morgan fingerprint density at radius 2 is 2.24 bits per heavy atom. The summed E-state index contributed by atoms with van der Waals surface area (Å²) in [6.07, 6.45) is 4.60. The molecule has 4 N–H and O–H groups in total. The molecule has 1 saturated heterocycles. The largest absolute Gasteiger partial charge is 0.348 e. The monoisotopic (exact) mass is 360 g/mol. The molecule has 4 heterocycles. The van der Waals surface area contributed by atoms with E-state index in [1.54, 1.807) is 12.4 Å². The van der Waals surface area contributed by atoms with Crippen molar-refractivity contribution in [1.29, 1.82) is 0 Å². The van der Waals surface area contributed by atoms with Gasteiger partial charge in [-0.3, -0.25) is 9.59 Å². The van der Waals surface area contributed by atoms with Gasteiger partial charge in [-0.15, -0.1) is 11.3 Å². The minimum Gasteiger partial charge on any atom is -0.348 e. The molecule has 1 spiro atoms. The number of thiophene rings is 1. The number of rotatable bonds is 3. The third kappa shape index (κ3) is 3.07. The van der Waals surface area contributed by atoms with Gasteiger partial charge < -0.3 is 20.5 Å². The van der Waals surface area contributed by atoms with Crippen LogP contribution in [0.1, 0.15) is 33.9 Å². The third-order valence-electron chi connectivity index (χ3n) is 5.27. The van der Waals surface area contributed by atoms with Crippen LogP contribution in [0.5, 0.6) is 0 Å². The van der Waals surface area contributed by atoms with Crippen molar-refractivity contribution in [2.45, 2.75) is 24.8 Å². The Morgan fingerprint density at radius 3 is 3.00 bits per heavy atom. The predicted octanol–water partition coefficient (Wildman–Crippen LogP) is -0.162. The average molecular weight is 360 g/mol. The van der Waals surface area contributed by atoms with Crippen LogP contribution in [0.3, 0.4) is 0 Å². The molecule has 2 aliphatic rings. The fraction of sp³-hybridized carbons (Fsp3) is 0.471. The van der Waals surface area contributed by atoms with E-state index in [1.165, 1.54) is 17.0 Å². The van der Waals surface area contributed by atoms with Crippen LogP contribution in [0.4, 0.5) is 0 Å². The minimum absolute atomic E-state index is 0.00454. The van der Waals surface area contributed by atoms with E-state index >= 15 is 0 Å². The summed E-state index contributed by atoms with van der Waals surface area (Å²) < 4.78 is 0. The lowest BCUT2D eigenvalue weighted by Gasteiger charge is -2.41. The molecule has 2 aliphatic heterocycles. The zero-order chi connectivity index (χ0) is 17.3. The van der Waals surface area contributed by atoms with E-state index in [0.717, 1.165) is 31.5 Å². The summed E-state index contributed by atoms with van der Waals surface area (Å²) >= 11 is 1.38. The van der Waals surface area contributed by atoms with E-state index in [-0.39, 0.29) is 23.9 Å². The number of quaternary nitrogens is 1. The van der Waals surface area contributed by atoms with E-state index in [1.807, 2.05) is 16.3 Å². The Labute approximate surface area is 149 Å². The van der Waals surface area contributed by atoms with E-state index < -0.39 is 0 Å². The Balaban J connectivity index is 1.33. The molecule has 4 rings (SSSR count). The number of aromatic nitrogens is 2. The maximum atomic E-state index is 12.4. The Morgan fingerprint density at radius 1 is 1.40 bits per heavy atom. The van der Waals surface area contributed by atoms with Gasteiger partial charge in [0.05, 0.1) is 24.3 Å². The number of fused-ring (bicyclic) bond motifs is 2. The Kier molecular flexibility index (Phi) is 4.30. The Bertz CT molecular complexity index is 762. The Hall–Kier alpha value is -2.19. The molecule has 2 amide bonds. The number of H-pyrrole nitrogens is 1. The molecule has 0 aliphatic carbocycles. The topological polar surface area (TPSA) is 94.7 Å².